The van der Waals surface area contributed by atoms with Crippen LogP contribution in [0.5, 0.6) is 0 Å². The topological polar surface area (TPSA) is 66.4 Å². The van der Waals surface area contributed by atoms with Gasteiger partial charge < -0.3 is 10.4 Å². The van der Waals surface area contributed by atoms with Gasteiger partial charge in [0.2, 0.25) is 0 Å². The fourth-order valence-electron chi connectivity index (χ4n) is 4.26. The summed E-state index contributed by atoms with van der Waals surface area (Å²) in [6.07, 6.45) is 0.105. The van der Waals surface area contributed by atoms with E-state index in [0.29, 0.717) is 16.8 Å². The lowest BCUT2D eigenvalue weighted by atomic mass is 9.64. The van der Waals surface area contributed by atoms with E-state index in [1.807, 2.05) is 24.3 Å². The van der Waals surface area contributed by atoms with E-state index in [1.165, 1.54) is 26.0 Å². The molecule has 0 amide bonds. The number of carbonyl (C=O) groups is 2. The van der Waals surface area contributed by atoms with Crippen molar-refractivity contribution in [2.75, 3.05) is 5.32 Å². The summed E-state index contributed by atoms with van der Waals surface area (Å²) in [5.74, 6) is -2.53. The van der Waals surface area contributed by atoms with E-state index in [2.05, 4.69) is 21.2 Å². The molecule has 29 heavy (non-hydrogen) atoms. The van der Waals surface area contributed by atoms with E-state index in [1.54, 1.807) is 19.1 Å². The highest BCUT2D eigenvalue weighted by molar-refractivity contribution is 9.10. The molecule has 0 fully saturated rings. The van der Waals surface area contributed by atoms with E-state index in [0.717, 1.165) is 10.2 Å². The molecule has 3 rings (SSSR count). The van der Waals surface area contributed by atoms with Crippen molar-refractivity contribution < 1.29 is 19.1 Å². The van der Waals surface area contributed by atoms with Gasteiger partial charge >= 0.3 is 0 Å². The Hall–Kier alpha value is -2.31. The summed E-state index contributed by atoms with van der Waals surface area (Å²) in [6.45, 7) is 4.42. The lowest BCUT2D eigenvalue weighted by molar-refractivity contribution is -0.131. The van der Waals surface area contributed by atoms with Crippen LogP contribution >= 0.6 is 15.9 Å². The second-order valence-electron chi connectivity index (χ2n) is 7.74. The van der Waals surface area contributed by atoms with Gasteiger partial charge in [-0.25, -0.2) is 4.39 Å². The van der Waals surface area contributed by atoms with Crippen molar-refractivity contribution >= 4 is 33.2 Å². The molecule has 2 aromatic rings. The van der Waals surface area contributed by atoms with E-state index < -0.39 is 23.3 Å². The highest BCUT2D eigenvalue weighted by Gasteiger charge is 2.49. The molecular weight excluding hydrogens is 437 g/mol. The van der Waals surface area contributed by atoms with Crippen LogP contribution in [0.15, 0.2) is 64.3 Å². The molecule has 0 radical (unpaired) electrons. The maximum Gasteiger partial charge on any atom is 0.158 e. The van der Waals surface area contributed by atoms with Gasteiger partial charge in [0.15, 0.2) is 5.78 Å². The third kappa shape index (κ3) is 4.49. The minimum Gasteiger partial charge on any atom is -0.389 e. The van der Waals surface area contributed by atoms with Crippen molar-refractivity contribution in [3.63, 3.8) is 0 Å². The molecule has 0 spiro atoms. The van der Waals surface area contributed by atoms with Gasteiger partial charge in [0, 0.05) is 33.8 Å². The second-order valence-corrected chi connectivity index (χ2v) is 8.65. The van der Waals surface area contributed by atoms with Gasteiger partial charge in [-0.15, -0.1) is 0 Å². The van der Waals surface area contributed by atoms with Crippen LogP contribution in [0.25, 0.3) is 0 Å². The molecule has 2 N–H and O–H groups in total. The normalized spacial score (nSPS) is 24.3. The van der Waals surface area contributed by atoms with Crippen LogP contribution in [0.1, 0.15) is 38.7 Å². The van der Waals surface area contributed by atoms with Crippen LogP contribution in [0.3, 0.4) is 0 Å². The molecule has 4 nitrogen and oxygen atoms in total. The number of aliphatic hydroxyl groups is 1. The van der Waals surface area contributed by atoms with E-state index >= 15 is 0 Å². The molecule has 0 unspecified atom stereocenters. The van der Waals surface area contributed by atoms with Gasteiger partial charge in [-0.05, 0) is 62.7 Å². The number of allylic oxidation sites excluding steroid dienone is 1. The van der Waals surface area contributed by atoms with Crippen molar-refractivity contribution in [2.24, 2.45) is 5.92 Å². The zero-order valence-corrected chi connectivity index (χ0v) is 18.1. The fourth-order valence-corrected chi connectivity index (χ4v) is 4.52. The maximum atomic E-state index is 14.0. The predicted octanol–water partition coefficient (Wildman–Crippen LogP) is 4.99. The van der Waals surface area contributed by atoms with Crippen LogP contribution in [-0.2, 0) is 9.59 Å². The number of ketones is 2. The number of halogens is 2. The van der Waals surface area contributed by atoms with Crippen molar-refractivity contribution in [2.45, 2.75) is 38.7 Å². The standard InChI is InChI=1S/C23H23BrFNO3/c1-13(27)20-19(26-18-9-7-16(24)8-10-18)12-23(3,29)22(14(2)28)21(20)15-5-4-6-17(25)11-15/h4-11,21-22,26,29H,12H2,1-3H3/t21-,22+,23+/m0/s1. The average Bonchev–Trinajstić information content (AvgIpc) is 2.61. The maximum absolute atomic E-state index is 14.0. The lowest BCUT2D eigenvalue weighted by Gasteiger charge is -2.43. The summed E-state index contributed by atoms with van der Waals surface area (Å²) >= 11 is 3.39. The Morgan fingerprint density at radius 3 is 2.38 bits per heavy atom. The van der Waals surface area contributed by atoms with Gasteiger partial charge in [0.1, 0.15) is 11.6 Å². The molecule has 3 atom stereocenters. The number of carbonyl (C=O) groups excluding carboxylic acids is 2. The number of hydrogen-bond donors (Lipinski definition) is 2. The Kier molecular flexibility index (Phi) is 6.05. The molecule has 1 aliphatic rings. The van der Waals surface area contributed by atoms with Crippen molar-refractivity contribution in [3.8, 4) is 0 Å². The van der Waals surface area contributed by atoms with Gasteiger partial charge in [0.05, 0.1) is 11.5 Å². The summed E-state index contributed by atoms with van der Waals surface area (Å²) in [5.41, 5.74) is 0.767. The Morgan fingerprint density at radius 1 is 1.17 bits per heavy atom. The monoisotopic (exact) mass is 459 g/mol. The van der Waals surface area contributed by atoms with E-state index in [9.17, 15) is 19.1 Å². The molecule has 6 heteroatoms. The molecular formula is C23H23BrFNO3. The fraction of sp³-hybridized carbons (Fsp3) is 0.304. The predicted molar refractivity (Wildman–Crippen MR) is 114 cm³/mol. The van der Waals surface area contributed by atoms with Crippen molar-refractivity contribution in [3.05, 3.63) is 75.7 Å². The van der Waals surface area contributed by atoms with Crippen molar-refractivity contribution in [1.82, 2.24) is 0 Å². The highest BCUT2D eigenvalue weighted by atomic mass is 79.9. The molecule has 1 aliphatic carbocycles. The minimum absolute atomic E-state index is 0.105. The molecule has 0 heterocycles. The van der Waals surface area contributed by atoms with Crippen LogP contribution in [0.2, 0.25) is 0 Å². The zero-order valence-electron chi connectivity index (χ0n) is 16.5. The van der Waals surface area contributed by atoms with E-state index in [-0.39, 0.29) is 18.0 Å². The molecule has 2 aromatic carbocycles. The number of benzene rings is 2. The average molecular weight is 460 g/mol. The van der Waals surface area contributed by atoms with Gasteiger partial charge in [0.25, 0.3) is 0 Å². The van der Waals surface area contributed by atoms with Crippen molar-refractivity contribution in [1.29, 1.82) is 0 Å². The summed E-state index contributed by atoms with van der Waals surface area (Å²) < 4.78 is 14.9. The highest BCUT2D eigenvalue weighted by Crippen LogP contribution is 2.47. The number of nitrogens with one attached hydrogen (secondary N) is 1. The Bertz CT molecular complexity index is 982. The summed E-state index contributed by atoms with van der Waals surface area (Å²) in [7, 11) is 0. The third-order valence-corrected chi connectivity index (χ3v) is 5.87. The molecule has 152 valence electrons. The van der Waals surface area contributed by atoms with Crippen LogP contribution < -0.4 is 5.32 Å². The summed E-state index contributed by atoms with van der Waals surface area (Å²) in [5, 5.41) is 14.4. The number of rotatable bonds is 5. The Balaban J connectivity index is 2.21. The van der Waals surface area contributed by atoms with E-state index in [4.69, 9.17) is 0 Å². The number of anilines is 1. The van der Waals surface area contributed by atoms with Gasteiger partial charge in [-0.1, -0.05) is 28.1 Å². The molecule has 0 aromatic heterocycles. The molecule has 0 saturated carbocycles. The third-order valence-electron chi connectivity index (χ3n) is 5.34. The lowest BCUT2D eigenvalue weighted by Crippen LogP contribution is -2.48. The van der Waals surface area contributed by atoms with Gasteiger partial charge in [-0.2, -0.15) is 0 Å². The first kappa shape index (κ1) is 21.4. The van der Waals surface area contributed by atoms with Crippen LogP contribution in [0, 0.1) is 11.7 Å². The second kappa shape index (κ2) is 8.20. The largest absolute Gasteiger partial charge is 0.389 e. The summed E-state index contributed by atoms with van der Waals surface area (Å²) in [6, 6.07) is 13.3. The Morgan fingerprint density at radius 2 is 1.83 bits per heavy atom. The molecule has 0 bridgehead atoms. The van der Waals surface area contributed by atoms with Crippen LogP contribution in [0.4, 0.5) is 10.1 Å². The SMILES string of the molecule is CC(=O)C1=C(Nc2ccc(Br)cc2)C[C@@](C)(O)[C@H](C(C)=O)[C@H]1c1cccc(F)c1. The summed E-state index contributed by atoms with van der Waals surface area (Å²) in [4.78, 5) is 25.2. The molecule has 0 saturated heterocycles. The minimum atomic E-state index is -1.40. The van der Waals surface area contributed by atoms with Gasteiger partial charge in [-0.3, -0.25) is 9.59 Å². The number of Topliss-reactive ketones (excluding diaryl/α,β-unsaturated/α-hetero) is 2. The first-order valence-corrected chi connectivity index (χ1v) is 10.1. The zero-order chi connectivity index (χ0) is 21.3. The smallest absolute Gasteiger partial charge is 0.158 e. The van der Waals surface area contributed by atoms with Crippen LogP contribution in [-0.4, -0.2) is 22.3 Å². The quantitative estimate of drug-likeness (QED) is 0.660. The first-order chi connectivity index (χ1) is 13.6. The number of hydrogen-bond acceptors (Lipinski definition) is 4. The Labute approximate surface area is 178 Å². The molecule has 0 aliphatic heterocycles. The first-order valence-electron chi connectivity index (χ1n) is 9.35.